The topological polar surface area (TPSA) is 49.7 Å². The van der Waals surface area contributed by atoms with E-state index in [1.165, 1.54) is 0 Å². The second-order valence-corrected chi connectivity index (χ2v) is 3.41. The van der Waals surface area contributed by atoms with E-state index in [1.807, 2.05) is 6.92 Å². The number of hydrogen-bond donors (Lipinski definition) is 2. The van der Waals surface area contributed by atoms with Crippen LogP contribution in [0, 0.1) is 0 Å². The molecule has 0 saturated carbocycles. The molecule has 12 heavy (non-hydrogen) atoms. The summed E-state index contributed by atoms with van der Waals surface area (Å²) >= 11 is 0. The first-order chi connectivity index (χ1) is 5.45. The van der Waals surface area contributed by atoms with E-state index in [0.717, 1.165) is 6.42 Å². The van der Waals surface area contributed by atoms with Crippen LogP contribution in [0.2, 0.25) is 0 Å². The summed E-state index contributed by atoms with van der Waals surface area (Å²) in [6.45, 7) is 5.67. The molecule has 0 bridgehead atoms. The van der Waals surface area contributed by atoms with E-state index in [0.29, 0.717) is 0 Å². The van der Waals surface area contributed by atoms with Gasteiger partial charge >= 0.3 is 0 Å². The minimum atomic E-state index is -0.827. The van der Waals surface area contributed by atoms with E-state index in [9.17, 15) is 5.11 Å². The van der Waals surface area contributed by atoms with Crippen molar-refractivity contribution in [3.8, 4) is 0 Å². The van der Waals surface area contributed by atoms with Crippen molar-refractivity contribution < 1.29 is 14.9 Å². The summed E-state index contributed by atoms with van der Waals surface area (Å²) in [6.07, 6.45) is 2.47. The van der Waals surface area contributed by atoms with Crippen LogP contribution in [0.3, 0.4) is 0 Å². The third-order valence-electron chi connectivity index (χ3n) is 1.14. The highest BCUT2D eigenvalue weighted by molar-refractivity contribution is 4.89. The fourth-order valence-corrected chi connectivity index (χ4v) is 0.700. The average Bonchev–Trinajstić information content (AvgIpc) is 1.84. The Kier molecular flexibility index (Phi) is 4.93. The van der Waals surface area contributed by atoms with Gasteiger partial charge < -0.3 is 14.9 Å². The monoisotopic (exact) mass is 174 g/mol. The minimum Gasteiger partial charge on any atom is -0.510 e. The molecule has 0 heterocycles. The number of aliphatic hydroxyl groups excluding tert-OH is 1. The van der Waals surface area contributed by atoms with Crippen LogP contribution in [-0.2, 0) is 4.74 Å². The van der Waals surface area contributed by atoms with E-state index in [-0.39, 0.29) is 19.0 Å². The third kappa shape index (κ3) is 7.57. The third-order valence-corrected chi connectivity index (χ3v) is 1.14. The van der Waals surface area contributed by atoms with E-state index >= 15 is 0 Å². The number of ether oxygens (including phenoxy) is 1. The highest BCUT2D eigenvalue weighted by Crippen LogP contribution is 2.02. The lowest BCUT2D eigenvalue weighted by Gasteiger charge is -2.16. The lowest BCUT2D eigenvalue weighted by atomic mass is 10.2. The Morgan fingerprint density at radius 3 is 2.50 bits per heavy atom. The molecule has 0 aromatic rings. The zero-order chi connectivity index (χ0) is 9.61. The van der Waals surface area contributed by atoms with Crippen molar-refractivity contribution in [2.75, 3.05) is 13.2 Å². The molecule has 0 unspecified atom stereocenters. The minimum absolute atomic E-state index is 0.178. The van der Waals surface area contributed by atoms with Crippen molar-refractivity contribution in [1.82, 2.24) is 0 Å². The Labute approximate surface area is 73.7 Å². The predicted octanol–water partition coefficient (Wildman–Crippen LogP) is 1.63. The molecule has 3 nitrogen and oxygen atoms in total. The SMILES string of the molecule is CCC=C(O)COCC(C)(C)O. The van der Waals surface area contributed by atoms with Crippen LogP contribution in [0.15, 0.2) is 11.8 Å². The molecule has 0 saturated heterocycles. The van der Waals surface area contributed by atoms with Crippen molar-refractivity contribution in [2.24, 2.45) is 0 Å². The van der Waals surface area contributed by atoms with Gasteiger partial charge in [0.25, 0.3) is 0 Å². The molecule has 0 rings (SSSR count). The van der Waals surface area contributed by atoms with Crippen molar-refractivity contribution in [1.29, 1.82) is 0 Å². The molecule has 0 spiro atoms. The fraction of sp³-hybridized carbons (Fsp3) is 0.778. The number of aliphatic hydroxyl groups is 2. The summed E-state index contributed by atoms with van der Waals surface area (Å²) in [4.78, 5) is 0. The quantitative estimate of drug-likeness (QED) is 0.623. The molecule has 72 valence electrons. The van der Waals surface area contributed by atoms with Gasteiger partial charge in [-0.15, -0.1) is 0 Å². The molecule has 2 N–H and O–H groups in total. The molecule has 0 aliphatic carbocycles. The van der Waals surface area contributed by atoms with Crippen molar-refractivity contribution >= 4 is 0 Å². The summed E-state index contributed by atoms with van der Waals surface area (Å²) in [6, 6.07) is 0. The molecule has 0 aromatic heterocycles. The maximum Gasteiger partial charge on any atom is 0.114 e. The van der Waals surface area contributed by atoms with Gasteiger partial charge in [0.15, 0.2) is 0 Å². The van der Waals surface area contributed by atoms with E-state index in [1.54, 1.807) is 19.9 Å². The van der Waals surface area contributed by atoms with Gasteiger partial charge in [0.05, 0.1) is 12.2 Å². The van der Waals surface area contributed by atoms with Gasteiger partial charge in [-0.25, -0.2) is 0 Å². The molecule has 0 amide bonds. The average molecular weight is 174 g/mol. The lowest BCUT2D eigenvalue weighted by molar-refractivity contribution is -0.0197. The normalized spacial score (nSPS) is 13.5. The molecular formula is C9H18O3. The first-order valence-corrected chi connectivity index (χ1v) is 4.14. The van der Waals surface area contributed by atoms with Crippen LogP contribution in [0.4, 0.5) is 0 Å². The standard InChI is InChI=1S/C9H18O3/c1-4-5-8(10)6-12-7-9(2,3)11/h5,10-11H,4,6-7H2,1-3H3. The van der Waals surface area contributed by atoms with E-state index in [2.05, 4.69) is 0 Å². The number of hydrogen-bond acceptors (Lipinski definition) is 3. The maximum atomic E-state index is 9.23. The van der Waals surface area contributed by atoms with Crippen LogP contribution >= 0.6 is 0 Å². The van der Waals surface area contributed by atoms with Gasteiger partial charge in [0, 0.05) is 0 Å². The van der Waals surface area contributed by atoms with Crippen LogP contribution < -0.4 is 0 Å². The van der Waals surface area contributed by atoms with Crippen LogP contribution in [0.1, 0.15) is 27.2 Å². The first-order valence-electron chi connectivity index (χ1n) is 4.14. The Hall–Kier alpha value is -0.540. The predicted molar refractivity (Wildman–Crippen MR) is 48.1 cm³/mol. The second kappa shape index (κ2) is 5.17. The molecule has 0 aromatic carbocycles. The molecule has 0 fully saturated rings. The lowest BCUT2D eigenvalue weighted by Crippen LogP contribution is -2.26. The van der Waals surface area contributed by atoms with Gasteiger partial charge in [0.2, 0.25) is 0 Å². The zero-order valence-corrected chi connectivity index (χ0v) is 8.00. The Morgan fingerprint density at radius 2 is 2.08 bits per heavy atom. The van der Waals surface area contributed by atoms with Gasteiger partial charge in [-0.3, -0.25) is 0 Å². The van der Waals surface area contributed by atoms with Crippen LogP contribution in [0.5, 0.6) is 0 Å². The highest BCUT2D eigenvalue weighted by atomic mass is 16.5. The Balaban J connectivity index is 3.50. The Morgan fingerprint density at radius 1 is 1.50 bits per heavy atom. The van der Waals surface area contributed by atoms with Crippen molar-refractivity contribution in [2.45, 2.75) is 32.8 Å². The smallest absolute Gasteiger partial charge is 0.114 e. The summed E-state index contributed by atoms with van der Waals surface area (Å²) in [7, 11) is 0. The molecule has 3 heteroatoms. The summed E-state index contributed by atoms with van der Waals surface area (Å²) in [5.41, 5.74) is -0.827. The molecular weight excluding hydrogens is 156 g/mol. The van der Waals surface area contributed by atoms with Gasteiger partial charge in [-0.2, -0.15) is 0 Å². The van der Waals surface area contributed by atoms with E-state index in [4.69, 9.17) is 9.84 Å². The van der Waals surface area contributed by atoms with Crippen molar-refractivity contribution in [3.63, 3.8) is 0 Å². The summed E-state index contributed by atoms with van der Waals surface area (Å²) in [5.74, 6) is 0.224. The fourth-order valence-electron chi connectivity index (χ4n) is 0.700. The summed E-state index contributed by atoms with van der Waals surface area (Å²) < 4.78 is 5.04. The Bertz CT molecular complexity index is 144. The molecule has 0 radical (unpaired) electrons. The van der Waals surface area contributed by atoms with Crippen molar-refractivity contribution in [3.05, 3.63) is 11.8 Å². The number of rotatable bonds is 5. The maximum absolute atomic E-state index is 9.23. The molecule has 0 atom stereocenters. The van der Waals surface area contributed by atoms with Crippen LogP contribution in [-0.4, -0.2) is 29.0 Å². The van der Waals surface area contributed by atoms with E-state index < -0.39 is 5.60 Å². The largest absolute Gasteiger partial charge is 0.510 e. The summed E-state index contributed by atoms with van der Waals surface area (Å²) in [5, 5.41) is 18.3. The van der Waals surface area contributed by atoms with Crippen LogP contribution in [0.25, 0.3) is 0 Å². The molecule has 0 aliphatic heterocycles. The van der Waals surface area contributed by atoms with Gasteiger partial charge in [0.1, 0.15) is 12.4 Å². The second-order valence-electron chi connectivity index (χ2n) is 3.41. The molecule has 0 aliphatic rings. The van der Waals surface area contributed by atoms with Gasteiger partial charge in [-0.1, -0.05) is 6.92 Å². The zero-order valence-electron chi connectivity index (χ0n) is 8.00. The number of allylic oxidation sites excluding steroid dienone is 1. The highest BCUT2D eigenvalue weighted by Gasteiger charge is 2.12. The van der Waals surface area contributed by atoms with Gasteiger partial charge in [-0.05, 0) is 26.3 Å². The first kappa shape index (κ1) is 11.5.